The number of thiazole rings is 1. The topological polar surface area (TPSA) is 52.4 Å². The summed E-state index contributed by atoms with van der Waals surface area (Å²) in [5.41, 5.74) is 0.814. The Kier molecular flexibility index (Phi) is 2.94. The summed E-state index contributed by atoms with van der Waals surface area (Å²) in [5.74, 6) is -0.242. The van der Waals surface area contributed by atoms with Crippen molar-refractivity contribution in [3.63, 3.8) is 0 Å². The van der Waals surface area contributed by atoms with Crippen LogP contribution < -0.4 is 4.90 Å². The van der Waals surface area contributed by atoms with Crippen LogP contribution in [0.25, 0.3) is 10.2 Å². The molecule has 0 N–H and O–H groups in total. The van der Waals surface area contributed by atoms with Crippen LogP contribution >= 0.6 is 11.3 Å². The average molecular weight is 304 g/mol. The van der Waals surface area contributed by atoms with Crippen molar-refractivity contribution in [1.29, 1.82) is 5.26 Å². The van der Waals surface area contributed by atoms with Crippen molar-refractivity contribution in [3.8, 4) is 6.19 Å². The van der Waals surface area contributed by atoms with Gasteiger partial charge in [-0.25, -0.2) is 9.37 Å². The van der Waals surface area contributed by atoms with Crippen LogP contribution in [0, 0.1) is 17.3 Å². The zero-order valence-corrected chi connectivity index (χ0v) is 12.0. The molecule has 2 aromatic rings. The molecule has 0 bridgehead atoms. The molecule has 1 aromatic carbocycles. The number of aromatic nitrogens is 1. The predicted molar refractivity (Wildman–Crippen MR) is 77.6 cm³/mol. The Morgan fingerprint density at radius 2 is 2.33 bits per heavy atom. The second-order valence-electron chi connectivity index (χ2n) is 5.28. The molecule has 0 radical (unpaired) electrons. The van der Waals surface area contributed by atoms with E-state index in [0.717, 1.165) is 21.9 Å². The molecule has 2 aliphatic heterocycles. The van der Waals surface area contributed by atoms with Crippen molar-refractivity contribution < 1.29 is 9.13 Å². The van der Waals surface area contributed by atoms with E-state index in [1.807, 2.05) is 0 Å². The standard InChI is InChI=1S/C14H13FN4OS/c15-9-1-2-10-13(5-9)21-14(17-10)19-3-4-20-12-7-18(8-16)6-11(12)19/h1-2,5,11-12H,3-4,6-7H2. The molecule has 3 heterocycles. The lowest BCUT2D eigenvalue weighted by atomic mass is 10.1. The third kappa shape index (κ3) is 2.11. The summed E-state index contributed by atoms with van der Waals surface area (Å²) in [4.78, 5) is 8.53. The molecule has 7 heteroatoms. The highest BCUT2D eigenvalue weighted by molar-refractivity contribution is 7.22. The molecule has 0 spiro atoms. The van der Waals surface area contributed by atoms with Gasteiger partial charge in [-0.1, -0.05) is 11.3 Å². The minimum absolute atomic E-state index is 0.0437. The van der Waals surface area contributed by atoms with E-state index in [4.69, 9.17) is 10.00 Å². The molecule has 0 amide bonds. The quantitative estimate of drug-likeness (QED) is 0.752. The third-order valence-corrected chi connectivity index (χ3v) is 5.08. The minimum Gasteiger partial charge on any atom is -0.372 e. The Morgan fingerprint density at radius 3 is 3.19 bits per heavy atom. The Balaban J connectivity index is 1.69. The lowest BCUT2D eigenvalue weighted by Crippen LogP contribution is -2.50. The van der Waals surface area contributed by atoms with Crippen LogP contribution in [-0.4, -0.2) is 48.3 Å². The van der Waals surface area contributed by atoms with Crippen LogP contribution in [0.3, 0.4) is 0 Å². The van der Waals surface area contributed by atoms with Gasteiger partial charge in [0.1, 0.15) is 5.82 Å². The van der Waals surface area contributed by atoms with Gasteiger partial charge in [0.15, 0.2) is 11.3 Å². The van der Waals surface area contributed by atoms with Crippen LogP contribution in [0.4, 0.5) is 9.52 Å². The number of benzene rings is 1. The van der Waals surface area contributed by atoms with Gasteiger partial charge in [-0.3, -0.25) is 0 Å². The van der Waals surface area contributed by atoms with E-state index in [1.54, 1.807) is 11.0 Å². The van der Waals surface area contributed by atoms with Gasteiger partial charge in [0.2, 0.25) is 0 Å². The number of likely N-dealkylation sites (tertiary alicyclic amines) is 1. The highest BCUT2D eigenvalue weighted by atomic mass is 32.1. The first-order valence-electron chi connectivity index (χ1n) is 6.83. The Morgan fingerprint density at radius 1 is 1.43 bits per heavy atom. The van der Waals surface area contributed by atoms with Crippen molar-refractivity contribution in [3.05, 3.63) is 24.0 Å². The Bertz CT molecular complexity index is 727. The smallest absolute Gasteiger partial charge is 0.186 e. The second-order valence-corrected chi connectivity index (χ2v) is 6.29. The van der Waals surface area contributed by atoms with Gasteiger partial charge < -0.3 is 14.5 Å². The van der Waals surface area contributed by atoms with Crippen LogP contribution in [0.5, 0.6) is 0 Å². The summed E-state index contributed by atoms with van der Waals surface area (Å²) in [6.45, 7) is 2.68. The lowest BCUT2D eigenvalue weighted by molar-refractivity contribution is 0.0326. The van der Waals surface area contributed by atoms with E-state index >= 15 is 0 Å². The fraction of sp³-hybridized carbons (Fsp3) is 0.429. The highest BCUT2D eigenvalue weighted by Gasteiger charge is 2.41. The summed E-state index contributed by atoms with van der Waals surface area (Å²) in [6.07, 6.45) is 2.23. The number of ether oxygens (including phenoxy) is 1. The molecule has 0 aliphatic carbocycles. The molecule has 108 valence electrons. The number of anilines is 1. The molecular weight excluding hydrogens is 291 g/mol. The van der Waals surface area contributed by atoms with Crippen molar-refractivity contribution in [1.82, 2.24) is 9.88 Å². The van der Waals surface area contributed by atoms with E-state index in [1.165, 1.54) is 23.5 Å². The van der Waals surface area contributed by atoms with E-state index in [9.17, 15) is 4.39 Å². The van der Waals surface area contributed by atoms with E-state index < -0.39 is 0 Å². The summed E-state index contributed by atoms with van der Waals surface area (Å²) in [6, 6.07) is 4.80. The lowest BCUT2D eigenvalue weighted by Gasteiger charge is -2.36. The fourth-order valence-electron chi connectivity index (χ4n) is 3.02. The number of halogens is 1. The van der Waals surface area contributed by atoms with E-state index in [2.05, 4.69) is 16.1 Å². The first-order valence-corrected chi connectivity index (χ1v) is 7.65. The molecule has 2 atom stereocenters. The number of nitrogens with zero attached hydrogens (tertiary/aromatic N) is 4. The number of morpholine rings is 1. The van der Waals surface area contributed by atoms with Crippen LogP contribution in [0.15, 0.2) is 18.2 Å². The highest BCUT2D eigenvalue weighted by Crippen LogP contribution is 2.34. The molecule has 2 fully saturated rings. The number of rotatable bonds is 1. The Hall–Kier alpha value is -1.91. The van der Waals surface area contributed by atoms with Gasteiger partial charge in [0, 0.05) is 6.54 Å². The molecular formula is C14H13FN4OS. The van der Waals surface area contributed by atoms with E-state index in [0.29, 0.717) is 19.7 Å². The van der Waals surface area contributed by atoms with Crippen molar-refractivity contribution in [2.24, 2.45) is 0 Å². The van der Waals surface area contributed by atoms with Crippen LogP contribution in [0.1, 0.15) is 0 Å². The van der Waals surface area contributed by atoms with Gasteiger partial charge in [-0.15, -0.1) is 0 Å². The van der Waals surface area contributed by atoms with Crippen molar-refractivity contribution >= 4 is 26.7 Å². The average Bonchev–Trinajstić information content (AvgIpc) is 3.09. The summed E-state index contributed by atoms with van der Waals surface area (Å²) in [7, 11) is 0. The van der Waals surface area contributed by atoms with Crippen molar-refractivity contribution in [2.75, 3.05) is 31.1 Å². The molecule has 4 rings (SSSR count). The summed E-state index contributed by atoms with van der Waals surface area (Å²) < 4.78 is 19.9. The SMILES string of the molecule is N#CN1CC2OCCN(c3nc4ccc(F)cc4s3)C2C1. The maximum absolute atomic E-state index is 13.3. The zero-order chi connectivity index (χ0) is 14.4. The maximum Gasteiger partial charge on any atom is 0.186 e. The number of nitriles is 1. The summed E-state index contributed by atoms with van der Waals surface area (Å²) in [5, 5.41) is 9.94. The van der Waals surface area contributed by atoms with Gasteiger partial charge in [0.25, 0.3) is 0 Å². The number of fused-ring (bicyclic) bond motifs is 2. The molecule has 1 aromatic heterocycles. The number of hydrogen-bond acceptors (Lipinski definition) is 6. The molecule has 21 heavy (non-hydrogen) atoms. The van der Waals surface area contributed by atoms with Gasteiger partial charge in [-0.05, 0) is 18.2 Å². The van der Waals surface area contributed by atoms with Crippen molar-refractivity contribution in [2.45, 2.75) is 12.1 Å². The van der Waals surface area contributed by atoms with Gasteiger partial charge in [-0.2, -0.15) is 5.26 Å². The fourth-order valence-corrected chi connectivity index (χ4v) is 4.09. The second kappa shape index (κ2) is 4.83. The first kappa shape index (κ1) is 12.8. The van der Waals surface area contributed by atoms with Gasteiger partial charge >= 0.3 is 0 Å². The minimum atomic E-state index is -0.242. The third-order valence-electron chi connectivity index (χ3n) is 4.03. The molecule has 2 unspecified atom stereocenters. The Labute approximate surface area is 125 Å². The normalized spacial score (nSPS) is 25.1. The van der Waals surface area contributed by atoms with Gasteiger partial charge in [0.05, 0.1) is 42.1 Å². The van der Waals surface area contributed by atoms with Crippen LogP contribution in [0.2, 0.25) is 0 Å². The molecule has 2 saturated heterocycles. The number of hydrogen-bond donors (Lipinski definition) is 0. The summed E-state index contributed by atoms with van der Waals surface area (Å²) >= 11 is 1.49. The predicted octanol–water partition coefficient (Wildman–Crippen LogP) is 1.81. The first-order chi connectivity index (χ1) is 10.2. The molecule has 0 saturated carbocycles. The molecule has 2 aliphatic rings. The molecule has 5 nitrogen and oxygen atoms in total. The monoisotopic (exact) mass is 304 g/mol. The zero-order valence-electron chi connectivity index (χ0n) is 11.2. The van der Waals surface area contributed by atoms with E-state index in [-0.39, 0.29) is 18.0 Å². The maximum atomic E-state index is 13.3. The van der Waals surface area contributed by atoms with Crippen LogP contribution in [-0.2, 0) is 4.74 Å². The largest absolute Gasteiger partial charge is 0.372 e.